The first-order valence-electron chi connectivity index (χ1n) is 4.22. The van der Waals surface area contributed by atoms with Crippen molar-refractivity contribution in [3.05, 3.63) is 0 Å². The fourth-order valence-corrected chi connectivity index (χ4v) is 1.42. The minimum atomic E-state index is 0.0512. The van der Waals surface area contributed by atoms with E-state index in [-0.39, 0.29) is 6.04 Å². The molecule has 0 aliphatic carbocycles. The van der Waals surface area contributed by atoms with Crippen LogP contribution < -0.4 is 5.32 Å². The summed E-state index contributed by atoms with van der Waals surface area (Å²) in [5, 5.41) is 11.8. The first-order valence-corrected chi connectivity index (χ1v) is 4.22. The molecule has 1 atom stereocenters. The van der Waals surface area contributed by atoms with Crippen LogP contribution in [0.5, 0.6) is 0 Å². The molecular weight excluding hydrogens is 138 g/mol. The molecule has 1 heterocycles. The first kappa shape index (κ1) is 8.51. The van der Waals surface area contributed by atoms with Crippen molar-refractivity contribution in [3.63, 3.8) is 0 Å². The molecule has 0 saturated carbocycles. The van der Waals surface area contributed by atoms with Crippen LogP contribution in [-0.2, 0) is 0 Å². The number of nitrogens with one attached hydrogen (secondary N) is 1. The second kappa shape index (κ2) is 4.32. The third-order valence-electron chi connectivity index (χ3n) is 1.96. The van der Waals surface area contributed by atoms with Gasteiger partial charge in [0.1, 0.15) is 6.04 Å². The summed E-state index contributed by atoms with van der Waals surface area (Å²) in [7, 11) is 0. The Bertz CT molecular complexity index is 148. The highest BCUT2D eigenvalue weighted by Gasteiger charge is 2.16. The molecule has 3 nitrogen and oxygen atoms in total. The zero-order valence-electron chi connectivity index (χ0n) is 7.01. The highest BCUT2D eigenvalue weighted by atomic mass is 15.2. The van der Waals surface area contributed by atoms with Crippen molar-refractivity contribution in [1.82, 2.24) is 10.2 Å². The molecule has 1 saturated heterocycles. The molecule has 1 aliphatic rings. The fraction of sp³-hybridized carbons (Fsp3) is 0.875. The van der Waals surface area contributed by atoms with Gasteiger partial charge in [-0.2, -0.15) is 5.26 Å². The van der Waals surface area contributed by atoms with E-state index in [1.807, 2.05) is 0 Å². The van der Waals surface area contributed by atoms with E-state index in [2.05, 4.69) is 23.2 Å². The Labute approximate surface area is 68.0 Å². The van der Waals surface area contributed by atoms with Crippen molar-refractivity contribution in [3.8, 4) is 6.07 Å². The van der Waals surface area contributed by atoms with E-state index in [0.29, 0.717) is 0 Å². The van der Waals surface area contributed by atoms with Gasteiger partial charge >= 0.3 is 0 Å². The van der Waals surface area contributed by atoms with Crippen molar-refractivity contribution in [1.29, 1.82) is 5.26 Å². The van der Waals surface area contributed by atoms with Gasteiger partial charge in [-0.05, 0) is 13.0 Å². The molecule has 1 N–H and O–H groups in total. The number of hydrogen-bond acceptors (Lipinski definition) is 3. The second-order valence-corrected chi connectivity index (χ2v) is 2.94. The van der Waals surface area contributed by atoms with Crippen molar-refractivity contribution in [2.45, 2.75) is 19.4 Å². The molecule has 1 rings (SSSR count). The molecule has 1 aliphatic heterocycles. The summed E-state index contributed by atoms with van der Waals surface area (Å²) >= 11 is 0. The van der Waals surface area contributed by atoms with E-state index in [1.54, 1.807) is 0 Å². The van der Waals surface area contributed by atoms with Crippen LogP contribution in [0.2, 0.25) is 0 Å². The van der Waals surface area contributed by atoms with Crippen LogP contribution in [0.25, 0.3) is 0 Å². The Morgan fingerprint density at radius 2 is 2.55 bits per heavy atom. The highest BCUT2D eigenvalue weighted by molar-refractivity contribution is 4.94. The predicted octanol–water partition coefficient (Wildman–Crippen LogP) is 0.194. The lowest BCUT2D eigenvalue weighted by molar-refractivity contribution is 0.220. The molecule has 1 unspecified atom stereocenters. The molecule has 1 fully saturated rings. The van der Waals surface area contributed by atoms with Gasteiger partial charge < -0.3 is 0 Å². The molecule has 0 spiro atoms. The Morgan fingerprint density at radius 3 is 3.18 bits per heavy atom. The Balaban J connectivity index is 2.29. The topological polar surface area (TPSA) is 39.1 Å². The average molecular weight is 153 g/mol. The molecule has 0 bridgehead atoms. The van der Waals surface area contributed by atoms with E-state index in [9.17, 15) is 0 Å². The summed E-state index contributed by atoms with van der Waals surface area (Å²) in [4.78, 5) is 2.34. The maximum atomic E-state index is 8.64. The Kier molecular flexibility index (Phi) is 3.34. The van der Waals surface area contributed by atoms with Crippen molar-refractivity contribution in [2.24, 2.45) is 0 Å². The normalized spacial score (nSPS) is 26.4. The summed E-state index contributed by atoms with van der Waals surface area (Å²) in [5.74, 6) is 0. The van der Waals surface area contributed by atoms with Gasteiger partial charge in [0.15, 0.2) is 0 Å². The Hall–Kier alpha value is -0.590. The van der Waals surface area contributed by atoms with Crippen LogP contribution in [0.1, 0.15) is 13.3 Å². The first-order chi connectivity index (χ1) is 5.36. The lowest BCUT2D eigenvalue weighted by Crippen LogP contribution is -2.49. The van der Waals surface area contributed by atoms with Crippen LogP contribution in [0.15, 0.2) is 0 Å². The average Bonchev–Trinajstić information content (AvgIpc) is 2.06. The summed E-state index contributed by atoms with van der Waals surface area (Å²) < 4.78 is 0. The van der Waals surface area contributed by atoms with E-state index in [1.165, 1.54) is 6.42 Å². The number of piperazine rings is 1. The van der Waals surface area contributed by atoms with Gasteiger partial charge in [-0.25, -0.2) is 0 Å². The van der Waals surface area contributed by atoms with Gasteiger partial charge in [-0.3, -0.25) is 10.2 Å². The maximum Gasteiger partial charge on any atom is 0.108 e. The number of hydrogen-bond donors (Lipinski definition) is 1. The second-order valence-electron chi connectivity index (χ2n) is 2.94. The largest absolute Gasteiger partial charge is 0.300 e. The quantitative estimate of drug-likeness (QED) is 0.615. The zero-order valence-corrected chi connectivity index (χ0v) is 7.01. The zero-order chi connectivity index (χ0) is 8.10. The van der Waals surface area contributed by atoms with Crippen LogP contribution in [0.3, 0.4) is 0 Å². The summed E-state index contributed by atoms with van der Waals surface area (Å²) in [6.45, 7) is 6.23. The molecule has 0 aromatic rings. The van der Waals surface area contributed by atoms with Crippen molar-refractivity contribution < 1.29 is 0 Å². The number of rotatable bonds is 2. The van der Waals surface area contributed by atoms with Crippen LogP contribution in [0.4, 0.5) is 0 Å². The minimum Gasteiger partial charge on any atom is -0.300 e. The van der Waals surface area contributed by atoms with Gasteiger partial charge in [0.05, 0.1) is 6.07 Å². The lowest BCUT2D eigenvalue weighted by Gasteiger charge is -2.29. The van der Waals surface area contributed by atoms with Gasteiger partial charge in [-0.1, -0.05) is 6.92 Å². The number of nitrogens with zero attached hydrogens (tertiary/aromatic N) is 2. The third-order valence-corrected chi connectivity index (χ3v) is 1.96. The minimum absolute atomic E-state index is 0.0512. The van der Waals surface area contributed by atoms with Crippen LogP contribution >= 0.6 is 0 Å². The van der Waals surface area contributed by atoms with E-state index in [0.717, 1.165) is 26.2 Å². The molecule has 3 heteroatoms. The number of nitriles is 1. The van der Waals surface area contributed by atoms with Gasteiger partial charge in [0, 0.05) is 19.6 Å². The standard InChI is InChI=1S/C8H15N3/c1-2-4-11-5-3-10-8(6-9)7-11/h8,10H,2-5,7H2,1H3. The van der Waals surface area contributed by atoms with Crippen LogP contribution in [-0.4, -0.2) is 37.1 Å². The summed E-state index contributed by atoms with van der Waals surface area (Å²) in [6.07, 6.45) is 1.18. The summed E-state index contributed by atoms with van der Waals surface area (Å²) in [6, 6.07) is 2.29. The summed E-state index contributed by atoms with van der Waals surface area (Å²) in [5.41, 5.74) is 0. The van der Waals surface area contributed by atoms with Gasteiger partial charge in [0.2, 0.25) is 0 Å². The molecule has 62 valence electrons. The molecule has 0 radical (unpaired) electrons. The molecule has 0 aromatic carbocycles. The monoisotopic (exact) mass is 153 g/mol. The molecule has 0 aromatic heterocycles. The van der Waals surface area contributed by atoms with E-state index in [4.69, 9.17) is 5.26 Å². The fourth-order valence-electron chi connectivity index (χ4n) is 1.42. The molecule has 0 amide bonds. The smallest absolute Gasteiger partial charge is 0.108 e. The maximum absolute atomic E-state index is 8.64. The molecular formula is C8H15N3. The van der Waals surface area contributed by atoms with Crippen LogP contribution in [0, 0.1) is 11.3 Å². The SMILES string of the molecule is CCCN1CCNC(C#N)C1. The predicted molar refractivity (Wildman–Crippen MR) is 44.1 cm³/mol. The van der Waals surface area contributed by atoms with Crippen molar-refractivity contribution in [2.75, 3.05) is 26.2 Å². The van der Waals surface area contributed by atoms with E-state index < -0.39 is 0 Å². The van der Waals surface area contributed by atoms with Gasteiger partial charge in [0.25, 0.3) is 0 Å². The Morgan fingerprint density at radius 1 is 1.73 bits per heavy atom. The third kappa shape index (κ3) is 2.49. The van der Waals surface area contributed by atoms with E-state index >= 15 is 0 Å². The van der Waals surface area contributed by atoms with Gasteiger partial charge in [-0.15, -0.1) is 0 Å². The highest BCUT2D eigenvalue weighted by Crippen LogP contribution is 1.98. The lowest BCUT2D eigenvalue weighted by atomic mass is 10.2. The molecule has 11 heavy (non-hydrogen) atoms. The van der Waals surface area contributed by atoms with Crippen molar-refractivity contribution >= 4 is 0 Å².